The molecule has 0 aliphatic heterocycles. The van der Waals surface area contributed by atoms with Crippen molar-refractivity contribution in [1.82, 2.24) is 0 Å². The monoisotopic (exact) mass is 428 g/mol. The van der Waals surface area contributed by atoms with Crippen LogP contribution in [-0.4, -0.2) is 23.7 Å². The molecule has 32 heavy (non-hydrogen) atoms. The Morgan fingerprint density at radius 2 is 0.938 bits per heavy atom. The van der Waals surface area contributed by atoms with Gasteiger partial charge >= 0.3 is 0 Å². The van der Waals surface area contributed by atoms with Crippen LogP contribution in [0.4, 0.5) is 0 Å². The molecular formula is C28H32N2O2. The van der Waals surface area contributed by atoms with Crippen molar-refractivity contribution < 1.29 is 9.59 Å². The highest BCUT2D eigenvalue weighted by Gasteiger charge is 2.15. The summed E-state index contributed by atoms with van der Waals surface area (Å²) >= 11 is 0. The molecule has 0 saturated carbocycles. The molecule has 0 radical (unpaired) electrons. The second-order valence-electron chi connectivity index (χ2n) is 8.35. The number of aryl methyl sites for hydroxylation is 2. The third-order valence-electron chi connectivity index (χ3n) is 5.74. The SMILES string of the molecule is NC(Cc1ccccc1)C(=O)CCc1cccc(CCC(=O)C(N)Cc2ccccc2)c1. The van der Waals surface area contributed by atoms with Crippen LogP contribution >= 0.6 is 0 Å². The van der Waals surface area contributed by atoms with Gasteiger partial charge in [-0.2, -0.15) is 0 Å². The van der Waals surface area contributed by atoms with Gasteiger partial charge in [0.1, 0.15) is 11.6 Å². The lowest BCUT2D eigenvalue weighted by atomic mass is 9.96. The van der Waals surface area contributed by atoms with Crippen LogP contribution in [0.1, 0.15) is 35.1 Å². The molecule has 4 heteroatoms. The van der Waals surface area contributed by atoms with Crippen molar-refractivity contribution in [2.24, 2.45) is 11.5 Å². The summed E-state index contributed by atoms with van der Waals surface area (Å²) in [6.45, 7) is 0. The molecule has 4 N–H and O–H groups in total. The average Bonchev–Trinajstić information content (AvgIpc) is 2.82. The van der Waals surface area contributed by atoms with E-state index in [-0.39, 0.29) is 11.6 Å². The van der Waals surface area contributed by atoms with Gasteiger partial charge in [0.15, 0.2) is 0 Å². The van der Waals surface area contributed by atoms with E-state index >= 15 is 0 Å². The molecular weight excluding hydrogens is 396 g/mol. The van der Waals surface area contributed by atoms with E-state index in [4.69, 9.17) is 11.5 Å². The van der Waals surface area contributed by atoms with Crippen molar-refractivity contribution in [1.29, 1.82) is 0 Å². The Balaban J connectivity index is 1.45. The van der Waals surface area contributed by atoms with Gasteiger partial charge in [-0.3, -0.25) is 9.59 Å². The van der Waals surface area contributed by atoms with Crippen LogP contribution in [0.2, 0.25) is 0 Å². The summed E-state index contributed by atoms with van der Waals surface area (Å²) in [6, 6.07) is 26.8. The van der Waals surface area contributed by atoms with Gasteiger partial charge in [0.25, 0.3) is 0 Å². The predicted octanol–water partition coefficient (Wildman–Crippen LogP) is 3.83. The summed E-state index contributed by atoms with van der Waals surface area (Å²) in [5.41, 5.74) is 16.5. The molecule has 2 atom stereocenters. The van der Waals surface area contributed by atoms with Crippen LogP contribution in [0.15, 0.2) is 84.9 Å². The van der Waals surface area contributed by atoms with E-state index in [1.54, 1.807) is 0 Å². The minimum Gasteiger partial charge on any atom is -0.321 e. The lowest BCUT2D eigenvalue weighted by Gasteiger charge is -2.12. The molecule has 166 valence electrons. The third kappa shape index (κ3) is 7.56. The molecule has 2 unspecified atom stereocenters. The first-order valence-corrected chi connectivity index (χ1v) is 11.2. The van der Waals surface area contributed by atoms with Crippen LogP contribution in [0, 0.1) is 0 Å². The normalized spacial score (nSPS) is 12.8. The number of hydrogen-bond donors (Lipinski definition) is 2. The quantitative estimate of drug-likeness (QED) is 0.459. The molecule has 3 rings (SSSR count). The summed E-state index contributed by atoms with van der Waals surface area (Å²) in [5.74, 6) is 0.141. The predicted molar refractivity (Wildman–Crippen MR) is 129 cm³/mol. The largest absolute Gasteiger partial charge is 0.321 e. The summed E-state index contributed by atoms with van der Waals surface area (Å²) in [6.07, 6.45) is 3.25. The van der Waals surface area contributed by atoms with Gasteiger partial charge in [0.05, 0.1) is 12.1 Å². The van der Waals surface area contributed by atoms with E-state index < -0.39 is 12.1 Å². The standard InChI is InChI=1S/C28H32N2O2/c29-25(19-21-8-3-1-4-9-21)27(31)16-14-23-12-7-13-24(18-23)15-17-28(32)26(30)20-22-10-5-2-6-11-22/h1-13,18,25-26H,14-17,19-20,29-30H2. The first-order valence-electron chi connectivity index (χ1n) is 11.2. The Hall–Kier alpha value is -3.08. The van der Waals surface area contributed by atoms with Gasteiger partial charge < -0.3 is 11.5 Å². The van der Waals surface area contributed by atoms with E-state index in [2.05, 4.69) is 6.07 Å². The number of carbonyl (C=O) groups excluding carboxylic acids is 2. The van der Waals surface area contributed by atoms with Gasteiger partial charge in [0, 0.05) is 12.8 Å². The highest BCUT2D eigenvalue weighted by Crippen LogP contribution is 2.13. The van der Waals surface area contributed by atoms with Crippen molar-refractivity contribution in [2.75, 3.05) is 0 Å². The van der Waals surface area contributed by atoms with Crippen molar-refractivity contribution in [3.05, 3.63) is 107 Å². The molecule has 0 heterocycles. The fourth-order valence-corrected chi connectivity index (χ4v) is 3.81. The summed E-state index contributed by atoms with van der Waals surface area (Å²) in [5, 5.41) is 0. The fourth-order valence-electron chi connectivity index (χ4n) is 3.81. The summed E-state index contributed by atoms with van der Waals surface area (Å²) < 4.78 is 0. The molecule has 0 aliphatic rings. The highest BCUT2D eigenvalue weighted by atomic mass is 16.1. The first-order chi connectivity index (χ1) is 15.5. The van der Waals surface area contributed by atoms with E-state index in [9.17, 15) is 9.59 Å². The van der Waals surface area contributed by atoms with Gasteiger partial charge in [-0.1, -0.05) is 84.9 Å². The first kappa shape index (κ1) is 23.6. The number of rotatable bonds is 12. The maximum absolute atomic E-state index is 12.5. The van der Waals surface area contributed by atoms with Crippen molar-refractivity contribution >= 4 is 11.6 Å². The number of benzene rings is 3. The summed E-state index contributed by atoms with van der Waals surface area (Å²) in [4.78, 5) is 24.9. The van der Waals surface area contributed by atoms with Gasteiger partial charge in [-0.25, -0.2) is 0 Å². The fraction of sp³-hybridized carbons (Fsp3) is 0.286. The van der Waals surface area contributed by atoms with E-state index in [0.717, 1.165) is 22.3 Å². The molecule has 3 aromatic carbocycles. The number of hydrogen-bond acceptors (Lipinski definition) is 4. The van der Waals surface area contributed by atoms with Crippen LogP contribution in [-0.2, 0) is 35.3 Å². The van der Waals surface area contributed by atoms with E-state index in [1.807, 2.05) is 78.9 Å². The summed E-state index contributed by atoms with van der Waals surface area (Å²) in [7, 11) is 0. The molecule has 0 aromatic heterocycles. The minimum absolute atomic E-state index is 0.0707. The maximum Gasteiger partial charge on any atom is 0.150 e. The Bertz CT molecular complexity index is 923. The average molecular weight is 429 g/mol. The molecule has 0 fully saturated rings. The third-order valence-corrected chi connectivity index (χ3v) is 5.74. The Labute approximate surface area is 190 Å². The minimum atomic E-state index is -0.482. The van der Waals surface area contributed by atoms with Gasteiger partial charge in [0.2, 0.25) is 0 Å². The van der Waals surface area contributed by atoms with Gasteiger partial charge in [-0.05, 0) is 47.9 Å². The Morgan fingerprint density at radius 1 is 0.562 bits per heavy atom. The second-order valence-corrected chi connectivity index (χ2v) is 8.35. The molecule has 0 bridgehead atoms. The van der Waals surface area contributed by atoms with Crippen molar-refractivity contribution in [3.8, 4) is 0 Å². The topological polar surface area (TPSA) is 86.2 Å². The molecule has 0 spiro atoms. The van der Waals surface area contributed by atoms with Crippen LogP contribution in [0.25, 0.3) is 0 Å². The number of ketones is 2. The molecule has 0 aliphatic carbocycles. The Kier molecular flexibility index (Phi) is 8.90. The van der Waals surface area contributed by atoms with Crippen LogP contribution in [0.5, 0.6) is 0 Å². The highest BCUT2D eigenvalue weighted by molar-refractivity contribution is 5.84. The zero-order chi connectivity index (χ0) is 22.8. The lowest BCUT2D eigenvalue weighted by Crippen LogP contribution is -2.33. The number of carbonyl (C=O) groups is 2. The Morgan fingerprint density at radius 3 is 1.34 bits per heavy atom. The van der Waals surface area contributed by atoms with E-state index in [1.165, 1.54) is 0 Å². The van der Waals surface area contributed by atoms with Gasteiger partial charge in [-0.15, -0.1) is 0 Å². The molecule has 3 aromatic rings. The molecule has 0 amide bonds. The molecule has 0 saturated heterocycles. The number of Topliss-reactive ketones (excluding diaryl/α,β-unsaturated/α-hetero) is 2. The van der Waals surface area contributed by atoms with Crippen LogP contribution < -0.4 is 11.5 Å². The zero-order valence-electron chi connectivity index (χ0n) is 18.5. The van der Waals surface area contributed by atoms with Crippen molar-refractivity contribution in [3.63, 3.8) is 0 Å². The maximum atomic E-state index is 12.5. The van der Waals surface area contributed by atoms with E-state index in [0.29, 0.717) is 38.5 Å². The zero-order valence-corrected chi connectivity index (χ0v) is 18.5. The number of nitrogens with two attached hydrogens (primary N) is 2. The lowest BCUT2D eigenvalue weighted by molar-refractivity contribution is -0.121. The second kappa shape index (κ2) is 12.1. The van der Waals surface area contributed by atoms with Crippen LogP contribution in [0.3, 0.4) is 0 Å². The smallest absolute Gasteiger partial charge is 0.150 e. The van der Waals surface area contributed by atoms with Crippen molar-refractivity contribution in [2.45, 2.75) is 50.6 Å². The molecule has 4 nitrogen and oxygen atoms in total.